The Morgan fingerprint density at radius 1 is 1.11 bits per heavy atom. The van der Waals surface area contributed by atoms with Gasteiger partial charge < -0.3 is 15.5 Å². The number of fused-ring (bicyclic) bond motifs is 1. The highest BCUT2D eigenvalue weighted by Gasteiger charge is 2.11. The molecule has 0 radical (unpaired) electrons. The van der Waals surface area contributed by atoms with Crippen LogP contribution in [0, 0.1) is 0 Å². The minimum absolute atomic E-state index is 0.0402. The molecule has 7 nitrogen and oxygen atoms in total. The summed E-state index contributed by atoms with van der Waals surface area (Å²) < 4.78 is 1.53. The second-order valence-electron chi connectivity index (χ2n) is 3.97. The Balaban J connectivity index is 2.26. The summed E-state index contributed by atoms with van der Waals surface area (Å²) in [6.45, 7) is 0. The molecule has 7 heteroatoms. The molecule has 0 atom stereocenters. The lowest BCUT2D eigenvalue weighted by Crippen LogP contribution is -1.99. The van der Waals surface area contributed by atoms with Gasteiger partial charge in [-0.2, -0.15) is 5.10 Å². The van der Waals surface area contributed by atoms with Crippen LogP contribution < -0.4 is 5.32 Å². The van der Waals surface area contributed by atoms with E-state index >= 15 is 0 Å². The molecule has 0 saturated heterocycles. The maximum Gasteiger partial charge on any atom is 0.168 e. The fourth-order valence-corrected chi connectivity index (χ4v) is 1.93. The Labute approximate surface area is 108 Å². The number of benzene rings is 1. The SMILES string of the molecule is CNc1ncnc2c1cnn2-c1cc(O)cc(O)c1. The van der Waals surface area contributed by atoms with Crippen molar-refractivity contribution >= 4 is 16.9 Å². The largest absolute Gasteiger partial charge is 0.508 e. The molecule has 1 aromatic carbocycles. The fourth-order valence-electron chi connectivity index (χ4n) is 1.93. The summed E-state index contributed by atoms with van der Waals surface area (Å²) in [6, 6.07) is 4.24. The Bertz CT molecular complexity index is 733. The average molecular weight is 257 g/mol. The first kappa shape index (κ1) is 11.3. The first-order valence-electron chi connectivity index (χ1n) is 5.59. The first-order valence-corrected chi connectivity index (χ1v) is 5.59. The van der Waals surface area contributed by atoms with Gasteiger partial charge in [0.2, 0.25) is 0 Å². The van der Waals surface area contributed by atoms with Gasteiger partial charge in [-0.05, 0) is 0 Å². The zero-order chi connectivity index (χ0) is 13.4. The topological polar surface area (TPSA) is 96.1 Å². The van der Waals surface area contributed by atoms with E-state index in [-0.39, 0.29) is 11.5 Å². The van der Waals surface area contributed by atoms with Crippen molar-refractivity contribution in [1.29, 1.82) is 0 Å². The van der Waals surface area contributed by atoms with Crippen molar-refractivity contribution < 1.29 is 10.2 Å². The second-order valence-corrected chi connectivity index (χ2v) is 3.97. The van der Waals surface area contributed by atoms with Crippen LogP contribution in [0.1, 0.15) is 0 Å². The third kappa shape index (κ3) is 1.81. The van der Waals surface area contributed by atoms with Crippen LogP contribution in [0.4, 0.5) is 5.82 Å². The van der Waals surface area contributed by atoms with E-state index in [9.17, 15) is 10.2 Å². The van der Waals surface area contributed by atoms with Crippen LogP contribution in [-0.4, -0.2) is 37.0 Å². The third-order valence-corrected chi connectivity index (χ3v) is 2.73. The normalized spacial score (nSPS) is 10.8. The van der Waals surface area contributed by atoms with E-state index in [1.165, 1.54) is 29.2 Å². The quantitative estimate of drug-likeness (QED) is 0.639. The molecule has 0 bridgehead atoms. The van der Waals surface area contributed by atoms with Crippen molar-refractivity contribution in [2.45, 2.75) is 0 Å². The molecule has 3 N–H and O–H groups in total. The highest BCUT2D eigenvalue weighted by atomic mass is 16.3. The van der Waals surface area contributed by atoms with E-state index in [0.29, 0.717) is 17.2 Å². The molecule has 19 heavy (non-hydrogen) atoms. The molecule has 0 aliphatic rings. The van der Waals surface area contributed by atoms with Crippen molar-refractivity contribution in [2.24, 2.45) is 0 Å². The van der Waals surface area contributed by atoms with Crippen LogP contribution in [0.15, 0.2) is 30.7 Å². The molecule has 0 unspecified atom stereocenters. The molecule has 0 spiro atoms. The van der Waals surface area contributed by atoms with E-state index in [4.69, 9.17) is 0 Å². The molecule has 0 fully saturated rings. The molecular formula is C12H11N5O2. The fraction of sp³-hybridized carbons (Fsp3) is 0.0833. The van der Waals surface area contributed by atoms with Crippen molar-refractivity contribution in [3.8, 4) is 17.2 Å². The van der Waals surface area contributed by atoms with E-state index in [0.717, 1.165) is 5.39 Å². The number of aromatic hydroxyl groups is 2. The molecule has 0 amide bonds. The van der Waals surface area contributed by atoms with E-state index < -0.39 is 0 Å². The van der Waals surface area contributed by atoms with Crippen molar-refractivity contribution in [3.05, 3.63) is 30.7 Å². The molecule has 3 aromatic rings. The zero-order valence-electron chi connectivity index (χ0n) is 10.1. The maximum absolute atomic E-state index is 9.52. The van der Waals surface area contributed by atoms with Gasteiger partial charge in [0.1, 0.15) is 23.6 Å². The van der Waals surface area contributed by atoms with Crippen LogP contribution in [-0.2, 0) is 0 Å². The summed E-state index contributed by atoms with van der Waals surface area (Å²) in [4.78, 5) is 8.26. The molecule has 2 aromatic heterocycles. The summed E-state index contributed by atoms with van der Waals surface area (Å²) in [5.74, 6) is 0.587. The Morgan fingerprint density at radius 3 is 2.53 bits per heavy atom. The summed E-state index contributed by atoms with van der Waals surface area (Å²) in [5.41, 5.74) is 1.11. The lowest BCUT2D eigenvalue weighted by molar-refractivity contribution is 0.450. The minimum Gasteiger partial charge on any atom is -0.508 e. The van der Waals surface area contributed by atoms with E-state index in [2.05, 4.69) is 20.4 Å². The average Bonchev–Trinajstić information content (AvgIpc) is 2.81. The number of nitrogens with one attached hydrogen (secondary N) is 1. The van der Waals surface area contributed by atoms with Gasteiger partial charge in [0.25, 0.3) is 0 Å². The number of hydrogen-bond donors (Lipinski definition) is 3. The number of hydrogen-bond acceptors (Lipinski definition) is 6. The molecule has 0 saturated carbocycles. The predicted octanol–water partition coefficient (Wildman–Crippen LogP) is 1.27. The second kappa shape index (κ2) is 4.13. The molecular weight excluding hydrogens is 246 g/mol. The monoisotopic (exact) mass is 257 g/mol. The minimum atomic E-state index is -0.0402. The molecule has 2 heterocycles. The third-order valence-electron chi connectivity index (χ3n) is 2.73. The van der Waals surface area contributed by atoms with Crippen LogP contribution in [0.2, 0.25) is 0 Å². The highest BCUT2D eigenvalue weighted by molar-refractivity contribution is 5.87. The summed E-state index contributed by atoms with van der Waals surface area (Å²) in [5, 5.41) is 27.0. The van der Waals surface area contributed by atoms with Gasteiger partial charge in [-0.15, -0.1) is 0 Å². The van der Waals surface area contributed by atoms with Crippen LogP contribution in [0.5, 0.6) is 11.5 Å². The van der Waals surface area contributed by atoms with Gasteiger partial charge in [0.15, 0.2) is 5.65 Å². The van der Waals surface area contributed by atoms with Crippen LogP contribution in [0.25, 0.3) is 16.7 Å². The van der Waals surface area contributed by atoms with Crippen LogP contribution in [0.3, 0.4) is 0 Å². The van der Waals surface area contributed by atoms with E-state index in [1.54, 1.807) is 13.2 Å². The zero-order valence-corrected chi connectivity index (χ0v) is 10.1. The smallest absolute Gasteiger partial charge is 0.168 e. The highest BCUT2D eigenvalue weighted by Crippen LogP contribution is 2.26. The lowest BCUT2D eigenvalue weighted by atomic mass is 10.3. The van der Waals surface area contributed by atoms with Crippen LogP contribution >= 0.6 is 0 Å². The summed E-state index contributed by atoms with van der Waals surface area (Å²) in [6.07, 6.45) is 3.05. The molecule has 0 aliphatic carbocycles. The van der Waals surface area contributed by atoms with Crippen molar-refractivity contribution in [3.63, 3.8) is 0 Å². The Kier molecular flexibility index (Phi) is 2.45. The van der Waals surface area contributed by atoms with Gasteiger partial charge >= 0.3 is 0 Å². The van der Waals surface area contributed by atoms with Crippen molar-refractivity contribution in [1.82, 2.24) is 19.7 Å². The first-order chi connectivity index (χ1) is 9.19. The number of phenols is 2. The van der Waals surface area contributed by atoms with Gasteiger partial charge in [-0.3, -0.25) is 0 Å². The van der Waals surface area contributed by atoms with Gasteiger partial charge in [-0.25, -0.2) is 14.6 Å². The number of anilines is 1. The summed E-state index contributed by atoms with van der Waals surface area (Å²) >= 11 is 0. The number of aromatic nitrogens is 4. The lowest BCUT2D eigenvalue weighted by Gasteiger charge is -2.05. The number of rotatable bonds is 2. The van der Waals surface area contributed by atoms with E-state index in [1.807, 2.05) is 0 Å². The van der Waals surface area contributed by atoms with Gasteiger partial charge in [0, 0.05) is 25.2 Å². The Morgan fingerprint density at radius 2 is 1.84 bits per heavy atom. The molecule has 0 aliphatic heterocycles. The Hall–Kier alpha value is -2.83. The van der Waals surface area contributed by atoms with Crippen molar-refractivity contribution in [2.75, 3.05) is 12.4 Å². The summed E-state index contributed by atoms with van der Waals surface area (Å²) in [7, 11) is 1.76. The molecule has 96 valence electrons. The predicted molar refractivity (Wildman–Crippen MR) is 69.5 cm³/mol. The van der Waals surface area contributed by atoms with Gasteiger partial charge in [-0.1, -0.05) is 0 Å². The molecule has 3 rings (SSSR count). The van der Waals surface area contributed by atoms with Gasteiger partial charge in [0.05, 0.1) is 17.3 Å². The number of phenolic OH excluding ortho intramolecular Hbond substituents is 2. The number of nitrogens with zero attached hydrogens (tertiary/aromatic N) is 4. The maximum atomic E-state index is 9.52. The standard InChI is InChI=1S/C12H11N5O2/c1-13-11-10-5-16-17(12(10)15-6-14-11)7-2-8(18)4-9(19)3-7/h2-6,18-19H,1H3,(H,13,14,15).